The predicted molar refractivity (Wildman–Crippen MR) is 109 cm³/mol. The minimum absolute atomic E-state index is 0.250. The van der Waals surface area contributed by atoms with Crippen LogP contribution in [-0.2, 0) is 14.8 Å². The van der Waals surface area contributed by atoms with E-state index in [0.717, 1.165) is 10.6 Å². The Labute approximate surface area is 166 Å². The van der Waals surface area contributed by atoms with E-state index in [2.05, 4.69) is 26.6 Å². The van der Waals surface area contributed by atoms with Crippen LogP contribution in [0.1, 0.15) is 17.3 Å². The first-order valence-electron chi connectivity index (χ1n) is 8.12. The van der Waals surface area contributed by atoms with Gasteiger partial charge in [0.05, 0.1) is 11.9 Å². The van der Waals surface area contributed by atoms with Gasteiger partial charge in [0.2, 0.25) is 15.9 Å². The molecule has 0 aliphatic carbocycles. The molecule has 2 aromatic carbocycles. The molecule has 0 fully saturated rings. The topological polar surface area (TPSA) is 95.6 Å². The minimum atomic E-state index is -3.68. The van der Waals surface area contributed by atoms with Crippen LogP contribution in [0.15, 0.2) is 53.0 Å². The number of benzene rings is 2. The average molecular weight is 454 g/mol. The molecule has 2 amide bonds. The van der Waals surface area contributed by atoms with Crippen LogP contribution in [0.5, 0.6) is 0 Å². The molecule has 0 saturated carbocycles. The molecule has 144 valence electrons. The van der Waals surface area contributed by atoms with Crippen molar-refractivity contribution >= 4 is 49.1 Å². The Bertz CT molecular complexity index is 947. The number of carbonyl (C=O) groups is 2. The Morgan fingerprint density at radius 3 is 2.44 bits per heavy atom. The summed E-state index contributed by atoms with van der Waals surface area (Å²) in [6.07, 6.45) is 1.04. The van der Waals surface area contributed by atoms with Crippen LogP contribution in [0.4, 0.5) is 11.4 Å². The maximum atomic E-state index is 12.4. The lowest BCUT2D eigenvalue weighted by Gasteiger charge is -2.23. The molecule has 0 atom stereocenters. The third-order valence-electron chi connectivity index (χ3n) is 3.55. The summed E-state index contributed by atoms with van der Waals surface area (Å²) in [6, 6.07) is 13.2. The quantitative estimate of drug-likeness (QED) is 0.673. The van der Waals surface area contributed by atoms with Gasteiger partial charge in [-0.1, -0.05) is 18.2 Å². The van der Waals surface area contributed by atoms with E-state index in [-0.39, 0.29) is 5.91 Å². The molecular weight excluding hydrogens is 434 g/mol. The fourth-order valence-electron chi connectivity index (χ4n) is 2.37. The number of para-hydroxylation sites is 1. The zero-order valence-corrected chi connectivity index (χ0v) is 17.3. The summed E-state index contributed by atoms with van der Waals surface area (Å²) in [7, 11) is -3.68. The third kappa shape index (κ3) is 5.80. The normalized spacial score (nSPS) is 10.9. The second kappa shape index (κ2) is 9.01. The summed E-state index contributed by atoms with van der Waals surface area (Å²) in [6.45, 7) is 1.91. The number of carbonyl (C=O) groups excluding carboxylic acids is 2. The van der Waals surface area contributed by atoms with Gasteiger partial charge in [0, 0.05) is 22.3 Å². The smallest absolute Gasteiger partial charge is 0.251 e. The number of sulfonamides is 1. The number of amides is 2. The van der Waals surface area contributed by atoms with Crippen LogP contribution in [0.25, 0.3) is 0 Å². The van der Waals surface area contributed by atoms with Crippen LogP contribution >= 0.6 is 15.9 Å². The van der Waals surface area contributed by atoms with Crippen molar-refractivity contribution in [2.24, 2.45) is 0 Å². The first kappa shape index (κ1) is 20.9. The number of hydrogen-bond acceptors (Lipinski definition) is 4. The van der Waals surface area contributed by atoms with Crippen molar-refractivity contribution in [1.29, 1.82) is 0 Å². The number of nitrogens with zero attached hydrogens (tertiary/aromatic N) is 1. The monoisotopic (exact) mass is 453 g/mol. The zero-order chi connectivity index (χ0) is 20.0. The number of nitrogens with one attached hydrogen (secondary N) is 2. The van der Waals surface area contributed by atoms with Gasteiger partial charge >= 0.3 is 0 Å². The molecule has 0 aromatic heterocycles. The number of anilines is 2. The lowest BCUT2D eigenvalue weighted by atomic mass is 10.2. The summed E-state index contributed by atoms with van der Waals surface area (Å²) in [5, 5.41) is 5.31. The Kier molecular flexibility index (Phi) is 6.98. The highest BCUT2D eigenvalue weighted by molar-refractivity contribution is 9.10. The molecule has 27 heavy (non-hydrogen) atoms. The lowest BCUT2D eigenvalue weighted by Crippen LogP contribution is -2.37. The van der Waals surface area contributed by atoms with Crippen LogP contribution in [0.3, 0.4) is 0 Å². The number of halogens is 1. The highest BCUT2D eigenvalue weighted by Gasteiger charge is 2.22. The highest BCUT2D eigenvalue weighted by atomic mass is 79.9. The first-order chi connectivity index (χ1) is 12.7. The largest absolute Gasteiger partial charge is 0.352 e. The van der Waals surface area contributed by atoms with E-state index in [1.807, 2.05) is 6.92 Å². The average Bonchev–Trinajstić information content (AvgIpc) is 2.60. The van der Waals surface area contributed by atoms with Crippen LogP contribution in [0, 0.1) is 0 Å². The van der Waals surface area contributed by atoms with Gasteiger partial charge in [0.25, 0.3) is 5.91 Å². The standard InChI is InChI=1S/C18H20BrN3O4S/c1-3-20-18(24)13-7-6-8-14(11-13)21-17(23)12-22(27(2,25)26)16-10-5-4-9-15(16)19/h4-11H,3,12H2,1-2H3,(H,20,24)(H,21,23). The van der Waals surface area contributed by atoms with Crippen LogP contribution in [0.2, 0.25) is 0 Å². The first-order valence-corrected chi connectivity index (χ1v) is 10.8. The van der Waals surface area contributed by atoms with E-state index in [4.69, 9.17) is 0 Å². The van der Waals surface area contributed by atoms with Crippen molar-refractivity contribution in [2.45, 2.75) is 6.92 Å². The SMILES string of the molecule is CCNC(=O)c1cccc(NC(=O)CN(c2ccccc2Br)S(C)(=O)=O)c1. The maximum Gasteiger partial charge on any atom is 0.251 e. The molecule has 0 aliphatic heterocycles. The molecule has 0 heterocycles. The van der Waals surface area contributed by atoms with E-state index in [1.54, 1.807) is 42.5 Å². The van der Waals surface area contributed by atoms with Crippen molar-refractivity contribution in [1.82, 2.24) is 5.32 Å². The van der Waals surface area contributed by atoms with Gasteiger partial charge in [-0.2, -0.15) is 0 Å². The molecule has 0 radical (unpaired) electrons. The van der Waals surface area contributed by atoms with E-state index in [1.165, 1.54) is 6.07 Å². The second-order valence-corrected chi connectivity index (χ2v) is 8.47. The minimum Gasteiger partial charge on any atom is -0.352 e. The van der Waals surface area contributed by atoms with Gasteiger partial charge in [0.1, 0.15) is 6.54 Å². The molecule has 7 nitrogen and oxygen atoms in total. The summed E-state index contributed by atoms with van der Waals surface area (Å²) in [5.74, 6) is -0.774. The summed E-state index contributed by atoms with van der Waals surface area (Å²) in [5.41, 5.74) is 1.18. The molecule has 0 saturated heterocycles. The summed E-state index contributed by atoms with van der Waals surface area (Å²) < 4.78 is 25.9. The number of rotatable bonds is 7. The van der Waals surface area contributed by atoms with E-state index >= 15 is 0 Å². The molecular formula is C18H20BrN3O4S. The highest BCUT2D eigenvalue weighted by Crippen LogP contribution is 2.27. The van der Waals surface area contributed by atoms with Gasteiger partial charge in [0.15, 0.2) is 0 Å². The van der Waals surface area contributed by atoms with Gasteiger partial charge in [-0.25, -0.2) is 8.42 Å². The van der Waals surface area contributed by atoms with Crippen LogP contribution < -0.4 is 14.9 Å². The maximum absolute atomic E-state index is 12.4. The van der Waals surface area contributed by atoms with Gasteiger partial charge in [-0.05, 0) is 53.2 Å². The molecule has 2 aromatic rings. The fraction of sp³-hybridized carbons (Fsp3) is 0.222. The predicted octanol–water partition coefficient (Wildman–Crippen LogP) is 2.60. The Morgan fingerprint density at radius 1 is 1.11 bits per heavy atom. The van der Waals surface area contributed by atoms with Crippen molar-refractivity contribution in [3.05, 3.63) is 58.6 Å². The van der Waals surface area contributed by atoms with E-state index < -0.39 is 22.5 Å². The zero-order valence-electron chi connectivity index (χ0n) is 14.9. The molecule has 9 heteroatoms. The Hall–Kier alpha value is -2.39. The van der Waals surface area contributed by atoms with Gasteiger partial charge < -0.3 is 10.6 Å². The fourth-order valence-corrected chi connectivity index (χ4v) is 3.85. The molecule has 0 bridgehead atoms. The Morgan fingerprint density at radius 2 is 1.81 bits per heavy atom. The van der Waals surface area contributed by atoms with Crippen LogP contribution in [-0.4, -0.2) is 39.6 Å². The molecule has 0 spiro atoms. The van der Waals surface area contributed by atoms with Crippen molar-refractivity contribution in [3.63, 3.8) is 0 Å². The second-order valence-electron chi connectivity index (χ2n) is 5.71. The third-order valence-corrected chi connectivity index (χ3v) is 5.35. The molecule has 0 aliphatic rings. The van der Waals surface area contributed by atoms with Gasteiger partial charge in [-0.3, -0.25) is 13.9 Å². The van der Waals surface area contributed by atoms with E-state index in [9.17, 15) is 18.0 Å². The van der Waals surface area contributed by atoms with Crippen molar-refractivity contribution in [2.75, 3.05) is 29.0 Å². The van der Waals surface area contributed by atoms with E-state index in [0.29, 0.717) is 28.0 Å². The number of hydrogen-bond donors (Lipinski definition) is 2. The van der Waals surface area contributed by atoms with Crippen molar-refractivity contribution < 1.29 is 18.0 Å². The lowest BCUT2D eigenvalue weighted by molar-refractivity contribution is -0.114. The van der Waals surface area contributed by atoms with Crippen molar-refractivity contribution in [3.8, 4) is 0 Å². The summed E-state index contributed by atoms with van der Waals surface area (Å²) in [4.78, 5) is 24.3. The summed E-state index contributed by atoms with van der Waals surface area (Å²) >= 11 is 3.30. The Balaban J connectivity index is 2.19. The molecule has 2 N–H and O–H groups in total. The van der Waals surface area contributed by atoms with Gasteiger partial charge in [-0.15, -0.1) is 0 Å². The molecule has 2 rings (SSSR count). The molecule has 0 unspecified atom stereocenters.